The van der Waals surface area contributed by atoms with E-state index in [2.05, 4.69) is 17.2 Å². The number of aromatic nitrogens is 3. The van der Waals surface area contributed by atoms with Gasteiger partial charge in [0.05, 0.1) is 29.5 Å². The number of aryl methyl sites for hydroxylation is 1. The number of benzene rings is 1. The molecule has 10 nitrogen and oxygen atoms in total. The number of nitrogens with zero attached hydrogens (tertiary/aromatic N) is 5. The van der Waals surface area contributed by atoms with Crippen LogP contribution in [0.2, 0.25) is 0 Å². The highest BCUT2D eigenvalue weighted by Crippen LogP contribution is 2.33. The summed E-state index contributed by atoms with van der Waals surface area (Å²) < 4.78 is 41.5. The van der Waals surface area contributed by atoms with Gasteiger partial charge in [-0.25, -0.2) is 13.1 Å². The van der Waals surface area contributed by atoms with E-state index in [1.54, 1.807) is 22.9 Å². The molecule has 0 aliphatic carbocycles. The molecular weight excluding hydrogens is 446 g/mol. The highest BCUT2D eigenvalue weighted by molar-refractivity contribution is 7.89. The molecule has 3 aliphatic heterocycles. The van der Waals surface area contributed by atoms with Crippen molar-refractivity contribution in [2.75, 3.05) is 39.4 Å². The maximum Gasteiger partial charge on any atom is 0.243 e. The third-order valence-electron chi connectivity index (χ3n) is 6.94. The SMILES string of the molecule is CCCn1nnc2cc(S(=O)(=O)N3CCCC(C(=O)N4CCC5(CC4)OCCO5)C3)ccc21. The minimum Gasteiger partial charge on any atom is -0.347 e. The molecule has 1 aromatic carbocycles. The van der Waals surface area contributed by atoms with Crippen LogP contribution in [0.15, 0.2) is 23.1 Å². The van der Waals surface area contributed by atoms with Gasteiger partial charge in [0.1, 0.15) is 5.52 Å². The van der Waals surface area contributed by atoms with Crippen molar-refractivity contribution in [3.05, 3.63) is 18.2 Å². The van der Waals surface area contributed by atoms with Crippen LogP contribution in [0.3, 0.4) is 0 Å². The summed E-state index contributed by atoms with van der Waals surface area (Å²) in [5.74, 6) is -0.834. The van der Waals surface area contributed by atoms with Crippen molar-refractivity contribution in [1.82, 2.24) is 24.2 Å². The molecule has 1 aromatic heterocycles. The van der Waals surface area contributed by atoms with Crippen molar-refractivity contribution in [3.63, 3.8) is 0 Å². The molecule has 3 saturated heterocycles. The monoisotopic (exact) mass is 477 g/mol. The molecular formula is C22H31N5O5S. The van der Waals surface area contributed by atoms with Gasteiger partial charge in [0.15, 0.2) is 5.79 Å². The van der Waals surface area contributed by atoms with Crippen LogP contribution in [-0.4, -0.2) is 83.7 Å². The van der Waals surface area contributed by atoms with Crippen molar-refractivity contribution in [1.29, 1.82) is 0 Å². The van der Waals surface area contributed by atoms with E-state index in [9.17, 15) is 13.2 Å². The molecule has 4 heterocycles. The van der Waals surface area contributed by atoms with Crippen LogP contribution >= 0.6 is 0 Å². The minimum absolute atomic E-state index is 0.0284. The Labute approximate surface area is 193 Å². The number of fused-ring (bicyclic) bond motifs is 1. The van der Waals surface area contributed by atoms with E-state index in [-0.39, 0.29) is 23.3 Å². The maximum atomic E-state index is 13.4. The second-order valence-electron chi connectivity index (χ2n) is 9.10. The molecule has 11 heteroatoms. The number of ether oxygens (including phenoxy) is 2. The molecule has 1 unspecified atom stereocenters. The second-order valence-corrected chi connectivity index (χ2v) is 11.0. The average Bonchev–Trinajstić information content (AvgIpc) is 3.46. The molecule has 0 radical (unpaired) electrons. The third kappa shape index (κ3) is 4.27. The van der Waals surface area contributed by atoms with Crippen molar-refractivity contribution in [3.8, 4) is 0 Å². The fraction of sp³-hybridized carbons (Fsp3) is 0.682. The van der Waals surface area contributed by atoms with Crippen molar-refractivity contribution < 1.29 is 22.7 Å². The Balaban J connectivity index is 1.28. The van der Waals surface area contributed by atoms with E-state index in [1.807, 2.05) is 4.90 Å². The molecule has 3 fully saturated rings. The zero-order valence-corrected chi connectivity index (χ0v) is 19.8. The van der Waals surface area contributed by atoms with Gasteiger partial charge in [-0.05, 0) is 37.5 Å². The summed E-state index contributed by atoms with van der Waals surface area (Å²) >= 11 is 0. The van der Waals surface area contributed by atoms with E-state index in [0.717, 1.165) is 18.5 Å². The number of rotatable bonds is 5. The highest BCUT2D eigenvalue weighted by Gasteiger charge is 2.42. The summed E-state index contributed by atoms with van der Waals surface area (Å²) in [5, 5.41) is 8.26. The summed E-state index contributed by atoms with van der Waals surface area (Å²) in [4.78, 5) is 15.2. The molecule has 180 valence electrons. The van der Waals surface area contributed by atoms with E-state index in [4.69, 9.17) is 9.47 Å². The summed E-state index contributed by atoms with van der Waals surface area (Å²) in [7, 11) is -3.73. The lowest BCUT2D eigenvalue weighted by Crippen LogP contribution is -2.51. The zero-order valence-electron chi connectivity index (χ0n) is 19.0. The fourth-order valence-electron chi connectivity index (χ4n) is 5.11. The molecule has 1 atom stereocenters. The van der Waals surface area contributed by atoms with E-state index < -0.39 is 15.8 Å². The van der Waals surface area contributed by atoms with Crippen LogP contribution < -0.4 is 0 Å². The third-order valence-corrected chi connectivity index (χ3v) is 8.80. The largest absolute Gasteiger partial charge is 0.347 e. The van der Waals surface area contributed by atoms with Gasteiger partial charge in [-0.3, -0.25) is 4.79 Å². The van der Waals surface area contributed by atoms with Gasteiger partial charge < -0.3 is 14.4 Å². The molecule has 3 aliphatic rings. The van der Waals surface area contributed by atoms with Crippen LogP contribution in [0, 0.1) is 5.92 Å². The van der Waals surface area contributed by atoms with E-state index in [1.165, 1.54) is 4.31 Å². The lowest BCUT2D eigenvalue weighted by molar-refractivity contribution is -0.188. The van der Waals surface area contributed by atoms with Crippen LogP contribution in [0.5, 0.6) is 0 Å². The fourth-order valence-corrected chi connectivity index (χ4v) is 6.66. The zero-order chi connectivity index (χ0) is 23.1. The predicted molar refractivity (Wildman–Crippen MR) is 120 cm³/mol. The smallest absolute Gasteiger partial charge is 0.243 e. The summed E-state index contributed by atoms with van der Waals surface area (Å²) in [6.45, 7) is 5.76. The van der Waals surface area contributed by atoms with E-state index in [0.29, 0.717) is 64.0 Å². The molecule has 0 saturated carbocycles. The Morgan fingerprint density at radius 1 is 1.18 bits per heavy atom. The van der Waals surface area contributed by atoms with Crippen LogP contribution in [0.4, 0.5) is 0 Å². The molecule has 5 rings (SSSR count). The Hall–Kier alpha value is -2.08. The number of amides is 1. The van der Waals surface area contributed by atoms with Gasteiger partial charge in [0, 0.05) is 45.6 Å². The molecule has 0 bridgehead atoms. The first kappa shape index (κ1) is 22.7. The normalized spacial score (nSPS) is 24.0. The van der Waals surface area contributed by atoms with Gasteiger partial charge in [-0.15, -0.1) is 5.10 Å². The number of carbonyl (C=O) groups excluding carboxylic acids is 1. The van der Waals surface area contributed by atoms with Crippen molar-refractivity contribution in [2.45, 2.75) is 56.3 Å². The summed E-state index contributed by atoms with van der Waals surface area (Å²) in [6.07, 6.45) is 3.59. The molecule has 1 spiro atoms. The summed E-state index contributed by atoms with van der Waals surface area (Å²) in [5.41, 5.74) is 1.38. The standard InChI is InChI=1S/C22H31N5O5S/c1-2-9-27-20-6-5-18(15-19(20)23-24-27)33(29,30)26-10-3-4-17(16-26)21(28)25-11-7-22(8-12-25)31-13-14-32-22/h5-6,15,17H,2-4,7-14,16H2,1H3. The number of sulfonamides is 1. The quantitative estimate of drug-likeness (QED) is 0.644. The van der Waals surface area contributed by atoms with Crippen LogP contribution in [0.25, 0.3) is 11.0 Å². The first-order valence-electron chi connectivity index (χ1n) is 11.8. The Kier molecular flexibility index (Phi) is 6.15. The second kappa shape index (κ2) is 8.94. The average molecular weight is 478 g/mol. The maximum absolute atomic E-state index is 13.4. The number of piperidine rings is 2. The number of hydrogen-bond acceptors (Lipinski definition) is 7. The molecule has 0 N–H and O–H groups in total. The van der Waals surface area contributed by atoms with Gasteiger partial charge in [0.2, 0.25) is 15.9 Å². The number of likely N-dealkylation sites (tertiary alicyclic amines) is 1. The predicted octanol–water partition coefficient (Wildman–Crippen LogP) is 1.61. The van der Waals surface area contributed by atoms with E-state index >= 15 is 0 Å². The lowest BCUT2D eigenvalue weighted by Gasteiger charge is -2.40. The molecule has 2 aromatic rings. The highest BCUT2D eigenvalue weighted by atomic mass is 32.2. The summed E-state index contributed by atoms with van der Waals surface area (Å²) in [6, 6.07) is 4.96. The van der Waals surface area contributed by atoms with Gasteiger partial charge >= 0.3 is 0 Å². The van der Waals surface area contributed by atoms with Crippen LogP contribution in [-0.2, 0) is 30.8 Å². The first-order valence-corrected chi connectivity index (χ1v) is 13.3. The Morgan fingerprint density at radius 3 is 2.67 bits per heavy atom. The van der Waals surface area contributed by atoms with Gasteiger partial charge in [-0.2, -0.15) is 4.31 Å². The van der Waals surface area contributed by atoms with Gasteiger partial charge in [-0.1, -0.05) is 12.1 Å². The lowest BCUT2D eigenvalue weighted by atomic mass is 9.96. The topological polar surface area (TPSA) is 107 Å². The molecule has 33 heavy (non-hydrogen) atoms. The van der Waals surface area contributed by atoms with Crippen molar-refractivity contribution >= 4 is 27.0 Å². The number of carbonyl (C=O) groups is 1. The van der Waals surface area contributed by atoms with Gasteiger partial charge in [0.25, 0.3) is 0 Å². The van der Waals surface area contributed by atoms with Crippen molar-refractivity contribution in [2.24, 2.45) is 5.92 Å². The first-order chi connectivity index (χ1) is 15.9. The van der Waals surface area contributed by atoms with Crippen LogP contribution in [0.1, 0.15) is 39.0 Å². The Bertz CT molecular complexity index is 1120. The minimum atomic E-state index is -3.73. The number of hydrogen-bond donors (Lipinski definition) is 0. The Morgan fingerprint density at radius 2 is 1.94 bits per heavy atom. The molecule has 1 amide bonds.